The molecule has 4 nitrogen and oxygen atoms in total. The van der Waals surface area contributed by atoms with Crippen LogP contribution in [0.25, 0.3) is 0 Å². The van der Waals surface area contributed by atoms with Crippen molar-refractivity contribution in [3.05, 3.63) is 85.8 Å². The average molecular weight is 453 g/mol. The number of hydrogen-bond acceptors (Lipinski definition) is 2. The monoisotopic (exact) mass is 451 g/mol. The highest BCUT2D eigenvalue weighted by atomic mass is 79.9. The zero-order chi connectivity index (χ0) is 18.7. The number of imidazole rings is 1. The summed E-state index contributed by atoms with van der Waals surface area (Å²) in [6.07, 6.45) is 3.68. The van der Waals surface area contributed by atoms with E-state index in [0.29, 0.717) is 28.7 Å². The Morgan fingerprint density at radius 3 is 2.65 bits per heavy atom. The molecular weight excluding hydrogens is 437 g/mol. The molecule has 1 N–H and O–H groups in total. The van der Waals surface area contributed by atoms with Crippen LogP contribution in [0.3, 0.4) is 0 Å². The van der Waals surface area contributed by atoms with Gasteiger partial charge in [-0.15, -0.1) is 0 Å². The van der Waals surface area contributed by atoms with Crippen molar-refractivity contribution in [2.24, 2.45) is 0 Å². The van der Waals surface area contributed by atoms with Crippen LogP contribution < -0.4 is 5.32 Å². The van der Waals surface area contributed by atoms with Crippen LogP contribution in [-0.2, 0) is 13.1 Å². The fourth-order valence-corrected chi connectivity index (χ4v) is 3.44. The summed E-state index contributed by atoms with van der Waals surface area (Å²) in [4.78, 5) is 16.8. The Labute approximate surface area is 170 Å². The molecule has 0 radical (unpaired) electrons. The van der Waals surface area contributed by atoms with E-state index in [1.165, 1.54) is 0 Å². The molecule has 0 fully saturated rings. The summed E-state index contributed by atoms with van der Waals surface area (Å²) >= 11 is 15.4. The average Bonchev–Trinajstić information content (AvgIpc) is 3.00. The predicted molar refractivity (Wildman–Crippen MR) is 108 cm³/mol. The highest BCUT2D eigenvalue weighted by molar-refractivity contribution is 9.10. The van der Waals surface area contributed by atoms with E-state index in [1.54, 1.807) is 24.4 Å². The number of rotatable bonds is 5. The Kier molecular flexibility index (Phi) is 6.01. The Morgan fingerprint density at radius 2 is 1.96 bits per heavy atom. The van der Waals surface area contributed by atoms with E-state index in [1.807, 2.05) is 35.9 Å². The number of carbonyl (C=O) groups excluding carboxylic acids is 1. The van der Waals surface area contributed by atoms with Crippen LogP contribution in [0.5, 0.6) is 0 Å². The molecule has 0 saturated carbocycles. The van der Waals surface area contributed by atoms with E-state index in [2.05, 4.69) is 26.2 Å². The minimum Gasteiger partial charge on any atom is -0.348 e. The lowest BCUT2D eigenvalue weighted by atomic mass is 10.1. The molecule has 0 saturated heterocycles. The summed E-state index contributed by atoms with van der Waals surface area (Å²) in [5, 5.41) is 3.87. The van der Waals surface area contributed by atoms with Crippen molar-refractivity contribution in [1.29, 1.82) is 0 Å². The molecule has 0 atom stereocenters. The maximum Gasteiger partial charge on any atom is 0.251 e. The number of carbonyl (C=O) groups is 1. The Hall–Kier alpha value is -1.82. The molecule has 2 aromatic carbocycles. The summed E-state index contributed by atoms with van der Waals surface area (Å²) < 4.78 is 2.88. The third-order valence-corrected chi connectivity index (χ3v) is 5.13. The van der Waals surface area contributed by atoms with Gasteiger partial charge in [-0.25, -0.2) is 4.98 Å². The van der Waals surface area contributed by atoms with Crippen LogP contribution in [0.2, 0.25) is 10.0 Å². The minimum atomic E-state index is -0.152. The predicted octanol–water partition coefficient (Wildman–Crippen LogP) is 5.24. The molecule has 7 heteroatoms. The van der Waals surface area contributed by atoms with Gasteiger partial charge in [0.1, 0.15) is 5.82 Å². The lowest BCUT2D eigenvalue weighted by Crippen LogP contribution is -2.23. The van der Waals surface area contributed by atoms with Crippen molar-refractivity contribution in [1.82, 2.24) is 14.9 Å². The van der Waals surface area contributed by atoms with E-state index in [-0.39, 0.29) is 5.91 Å². The number of halogens is 3. The quantitative estimate of drug-likeness (QED) is 0.575. The van der Waals surface area contributed by atoms with Gasteiger partial charge in [0.25, 0.3) is 5.91 Å². The number of hydrogen-bond donors (Lipinski definition) is 1. The summed E-state index contributed by atoms with van der Waals surface area (Å²) in [6, 6.07) is 11.0. The third kappa shape index (κ3) is 4.67. The number of nitrogens with zero attached hydrogens (tertiary/aromatic N) is 2. The van der Waals surface area contributed by atoms with Crippen molar-refractivity contribution in [2.75, 3.05) is 0 Å². The van der Waals surface area contributed by atoms with E-state index in [4.69, 9.17) is 23.2 Å². The van der Waals surface area contributed by atoms with Gasteiger partial charge in [-0.3, -0.25) is 4.79 Å². The first-order valence-electron chi connectivity index (χ1n) is 7.91. The smallest absolute Gasteiger partial charge is 0.251 e. The third-order valence-electron chi connectivity index (χ3n) is 3.93. The highest BCUT2D eigenvalue weighted by Gasteiger charge is 2.10. The molecular formula is C19H16BrCl2N3O. The zero-order valence-electron chi connectivity index (χ0n) is 14.0. The summed E-state index contributed by atoms with van der Waals surface area (Å²) in [7, 11) is 0. The largest absolute Gasteiger partial charge is 0.348 e. The maximum absolute atomic E-state index is 12.5. The van der Waals surface area contributed by atoms with E-state index in [9.17, 15) is 4.79 Å². The Morgan fingerprint density at radius 1 is 1.15 bits per heavy atom. The van der Waals surface area contributed by atoms with Gasteiger partial charge in [0.2, 0.25) is 0 Å². The highest BCUT2D eigenvalue weighted by Crippen LogP contribution is 2.22. The summed E-state index contributed by atoms with van der Waals surface area (Å²) in [6.45, 7) is 2.97. The van der Waals surface area contributed by atoms with Crippen molar-refractivity contribution in [2.45, 2.75) is 20.0 Å². The first-order chi connectivity index (χ1) is 12.4. The van der Waals surface area contributed by atoms with Crippen LogP contribution >= 0.6 is 39.1 Å². The van der Waals surface area contributed by atoms with Gasteiger partial charge in [0, 0.05) is 35.5 Å². The second-order valence-electron chi connectivity index (χ2n) is 5.88. The lowest BCUT2D eigenvalue weighted by molar-refractivity contribution is 0.0950. The van der Waals surface area contributed by atoms with Crippen LogP contribution in [-0.4, -0.2) is 15.5 Å². The van der Waals surface area contributed by atoms with Crippen LogP contribution in [0.4, 0.5) is 0 Å². The normalized spacial score (nSPS) is 10.8. The number of aryl methyl sites for hydroxylation is 1. The van der Waals surface area contributed by atoms with Gasteiger partial charge in [0.05, 0.1) is 10.0 Å². The van der Waals surface area contributed by atoms with Crippen molar-refractivity contribution in [3.63, 3.8) is 0 Å². The summed E-state index contributed by atoms with van der Waals surface area (Å²) in [5.74, 6) is 0.775. The molecule has 0 spiro atoms. The number of nitrogens with one attached hydrogen (secondary N) is 1. The second-order valence-corrected chi connectivity index (χ2v) is 7.61. The molecule has 1 aromatic heterocycles. The lowest BCUT2D eigenvalue weighted by Gasteiger charge is -2.10. The molecule has 3 rings (SSSR count). The van der Waals surface area contributed by atoms with Gasteiger partial charge < -0.3 is 9.88 Å². The van der Waals surface area contributed by atoms with Crippen molar-refractivity contribution >= 4 is 45.0 Å². The van der Waals surface area contributed by atoms with Crippen molar-refractivity contribution < 1.29 is 4.79 Å². The first-order valence-corrected chi connectivity index (χ1v) is 9.46. The number of aromatic nitrogens is 2. The van der Waals surface area contributed by atoms with Crippen LogP contribution in [0.15, 0.2) is 53.3 Å². The molecule has 134 valence electrons. The standard InChI is InChI=1S/C19H16BrCl2N3O/c1-12-23-4-5-25(12)11-14-6-15(9-16(20)7-14)19(26)24-10-13-2-3-17(21)18(22)8-13/h2-9H,10-11H2,1H3,(H,24,26). The van der Waals surface area contributed by atoms with Gasteiger partial charge in [-0.1, -0.05) is 45.2 Å². The van der Waals surface area contributed by atoms with Gasteiger partial charge in [0.15, 0.2) is 0 Å². The molecule has 0 unspecified atom stereocenters. The van der Waals surface area contributed by atoms with Crippen molar-refractivity contribution in [3.8, 4) is 0 Å². The van der Waals surface area contributed by atoms with E-state index < -0.39 is 0 Å². The van der Waals surface area contributed by atoms with E-state index in [0.717, 1.165) is 21.4 Å². The van der Waals surface area contributed by atoms with Crippen LogP contribution in [0.1, 0.15) is 27.3 Å². The summed E-state index contributed by atoms with van der Waals surface area (Å²) in [5.41, 5.74) is 2.49. The Balaban J connectivity index is 1.72. The molecule has 1 heterocycles. The molecule has 0 aliphatic heterocycles. The van der Waals surface area contributed by atoms with E-state index >= 15 is 0 Å². The number of amides is 1. The fraction of sp³-hybridized carbons (Fsp3) is 0.158. The Bertz CT molecular complexity index is 956. The first kappa shape index (κ1) is 19.0. The SMILES string of the molecule is Cc1nccn1Cc1cc(Br)cc(C(=O)NCc2ccc(Cl)c(Cl)c2)c1. The minimum absolute atomic E-state index is 0.152. The second kappa shape index (κ2) is 8.25. The molecule has 0 aliphatic rings. The molecule has 0 bridgehead atoms. The fourth-order valence-electron chi connectivity index (χ4n) is 2.57. The maximum atomic E-state index is 12.5. The van der Waals surface area contributed by atoms with Gasteiger partial charge in [-0.2, -0.15) is 0 Å². The molecule has 3 aromatic rings. The zero-order valence-corrected chi connectivity index (χ0v) is 17.1. The molecule has 26 heavy (non-hydrogen) atoms. The van der Waals surface area contributed by atoms with Gasteiger partial charge in [-0.05, 0) is 48.4 Å². The molecule has 1 amide bonds. The number of benzene rings is 2. The molecule has 0 aliphatic carbocycles. The van der Waals surface area contributed by atoms with Gasteiger partial charge >= 0.3 is 0 Å². The topological polar surface area (TPSA) is 46.9 Å². The van der Waals surface area contributed by atoms with Crippen LogP contribution in [0, 0.1) is 6.92 Å².